The van der Waals surface area contributed by atoms with E-state index >= 15 is 0 Å². The number of nitrogens with two attached hydrogens (primary N) is 1. The van der Waals surface area contributed by atoms with E-state index in [1.54, 1.807) is 6.07 Å². The first-order valence-corrected chi connectivity index (χ1v) is 6.39. The van der Waals surface area contributed by atoms with Gasteiger partial charge in [-0.15, -0.1) is 0 Å². The van der Waals surface area contributed by atoms with Gasteiger partial charge in [-0.25, -0.2) is 4.79 Å². The standard InChI is InChI=1S/C17H17NO2/c1-20-17(19)15-12-6-11-14(16(15)18)10-5-9-13-7-3-2-4-8-13/h2-9,11-12H,10,18H2,1H3. The van der Waals surface area contributed by atoms with Gasteiger partial charge in [-0.2, -0.15) is 0 Å². The third-order valence-corrected chi connectivity index (χ3v) is 3.05. The highest BCUT2D eigenvalue weighted by Gasteiger charge is 2.11. The number of carbonyl (C=O) groups is 1. The molecule has 2 rings (SSSR count). The largest absolute Gasteiger partial charge is 0.465 e. The van der Waals surface area contributed by atoms with E-state index in [1.165, 1.54) is 7.11 Å². The summed E-state index contributed by atoms with van der Waals surface area (Å²) in [5.74, 6) is -0.406. The smallest absolute Gasteiger partial charge is 0.339 e. The van der Waals surface area contributed by atoms with E-state index in [0.717, 1.165) is 11.1 Å². The van der Waals surface area contributed by atoms with E-state index in [9.17, 15) is 4.79 Å². The molecule has 3 heteroatoms. The van der Waals surface area contributed by atoms with Crippen molar-refractivity contribution in [3.63, 3.8) is 0 Å². The number of methoxy groups -OCH3 is 1. The number of allylic oxidation sites excluding steroid dienone is 1. The molecule has 3 nitrogen and oxygen atoms in total. The number of rotatable bonds is 4. The Labute approximate surface area is 118 Å². The third kappa shape index (κ3) is 3.26. The van der Waals surface area contributed by atoms with Gasteiger partial charge in [0.2, 0.25) is 0 Å². The molecule has 2 aromatic rings. The van der Waals surface area contributed by atoms with E-state index < -0.39 is 5.97 Å². The molecule has 0 spiro atoms. The average Bonchev–Trinajstić information content (AvgIpc) is 2.49. The zero-order valence-corrected chi connectivity index (χ0v) is 11.4. The number of nitrogen functional groups attached to an aromatic ring is 1. The minimum absolute atomic E-state index is 0.406. The first kappa shape index (κ1) is 13.9. The highest BCUT2D eigenvalue weighted by Crippen LogP contribution is 2.19. The fourth-order valence-electron chi connectivity index (χ4n) is 1.97. The van der Waals surface area contributed by atoms with Crippen LogP contribution in [0.3, 0.4) is 0 Å². The van der Waals surface area contributed by atoms with Gasteiger partial charge < -0.3 is 10.5 Å². The van der Waals surface area contributed by atoms with Crippen LogP contribution in [-0.2, 0) is 11.2 Å². The second-order valence-corrected chi connectivity index (χ2v) is 4.39. The van der Waals surface area contributed by atoms with Gasteiger partial charge >= 0.3 is 5.97 Å². The van der Waals surface area contributed by atoms with Gasteiger partial charge in [0.1, 0.15) is 0 Å². The minimum Gasteiger partial charge on any atom is -0.465 e. The number of esters is 1. The predicted molar refractivity (Wildman–Crippen MR) is 81.4 cm³/mol. The van der Waals surface area contributed by atoms with Crippen molar-refractivity contribution in [3.8, 4) is 0 Å². The van der Waals surface area contributed by atoms with Gasteiger partial charge in [-0.3, -0.25) is 0 Å². The summed E-state index contributed by atoms with van der Waals surface area (Å²) in [6, 6.07) is 15.4. The summed E-state index contributed by atoms with van der Waals surface area (Å²) in [5, 5.41) is 0. The SMILES string of the molecule is COC(=O)c1cccc(CC=Cc2ccccc2)c1N. The first-order chi connectivity index (χ1) is 9.72. The molecule has 0 saturated heterocycles. The normalized spacial score (nSPS) is 10.7. The number of para-hydroxylation sites is 1. The maximum Gasteiger partial charge on any atom is 0.339 e. The molecule has 0 atom stereocenters. The lowest BCUT2D eigenvalue weighted by molar-refractivity contribution is 0.0602. The Bertz CT molecular complexity index is 618. The second kappa shape index (κ2) is 6.57. The Morgan fingerprint density at radius 1 is 1.15 bits per heavy atom. The van der Waals surface area contributed by atoms with Crippen LogP contribution in [0, 0.1) is 0 Å². The lowest BCUT2D eigenvalue weighted by Gasteiger charge is -2.07. The van der Waals surface area contributed by atoms with Crippen molar-refractivity contribution in [2.75, 3.05) is 12.8 Å². The molecule has 0 aromatic heterocycles. The van der Waals surface area contributed by atoms with Crippen LogP contribution in [0.1, 0.15) is 21.5 Å². The Hall–Kier alpha value is -2.55. The predicted octanol–water partition coefficient (Wildman–Crippen LogP) is 3.31. The van der Waals surface area contributed by atoms with E-state index in [1.807, 2.05) is 54.6 Å². The highest BCUT2D eigenvalue weighted by atomic mass is 16.5. The van der Waals surface area contributed by atoms with Gasteiger partial charge in [0.15, 0.2) is 0 Å². The summed E-state index contributed by atoms with van der Waals surface area (Å²) in [6.45, 7) is 0. The van der Waals surface area contributed by atoms with E-state index in [4.69, 9.17) is 10.5 Å². The monoisotopic (exact) mass is 267 g/mol. The van der Waals surface area contributed by atoms with Crippen LogP contribution in [0.5, 0.6) is 0 Å². The molecule has 102 valence electrons. The van der Waals surface area contributed by atoms with Gasteiger partial charge in [0.25, 0.3) is 0 Å². The number of benzene rings is 2. The quantitative estimate of drug-likeness (QED) is 0.683. The number of carbonyl (C=O) groups excluding carboxylic acids is 1. The van der Waals surface area contributed by atoms with Gasteiger partial charge in [0.05, 0.1) is 12.7 Å². The number of ether oxygens (including phenoxy) is 1. The third-order valence-electron chi connectivity index (χ3n) is 3.05. The van der Waals surface area contributed by atoms with Crippen molar-refractivity contribution < 1.29 is 9.53 Å². The molecule has 2 aromatic carbocycles. The van der Waals surface area contributed by atoms with E-state index in [-0.39, 0.29) is 0 Å². The first-order valence-electron chi connectivity index (χ1n) is 6.39. The van der Waals surface area contributed by atoms with Gasteiger partial charge in [0, 0.05) is 5.69 Å². The van der Waals surface area contributed by atoms with Crippen LogP contribution in [0.4, 0.5) is 5.69 Å². The van der Waals surface area contributed by atoms with E-state index in [2.05, 4.69) is 0 Å². The Morgan fingerprint density at radius 3 is 2.60 bits per heavy atom. The van der Waals surface area contributed by atoms with E-state index in [0.29, 0.717) is 17.7 Å². The number of hydrogen-bond acceptors (Lipinski definition) is 3. The maximum atomic E-state index is 11.6. The van der Waals surface area contributed by atoms with Crippen LogP contribution in [-0.4, -0.2) is 13.1 Å². The van der Waals surface area contributed by atoms with Crippen LogP contribution in [0.2, 0.25) is 0 Å². The molecule has 0 fully saturated rings. The molecule has 0 saturated carbocycles. The second-order valence-electron chi connectivity index (χ2n) is 4.39. The van der Waals surface area contributed by atoms with Crippen LogP contribution in [0.15, 0.2) is 54.6 Å². The molecule has 0 radical (unpaired) electrons. The van der Waals surface area contributed by atoms with Crippen molar-refractivity contribution in [3.05, 3.63) is 71.3 Å². The Morgan fingerprint density at radius 2 is 1.90 bits per heavy atom. The van der Waals surface area contributed by atoms with Crippen molar-refractivity contribution in [2.24, 2.45) is 0 Å². The van der Waals surface area contributed by atoms with Crippen molar-refractivity contribution in [2.45, 2.75) is 6.42 Å². The average molecular weight is 267 g/mol. The summed E-state index contributed by atoms with van der Waals surface area (Å²) in [4.78, 5) is 11.6. The van der Waals surface area contributed by atoms with Crippen molar-refractivity contribution >= 4 is 17.7 Å². The molecular weight excluding hydrogens is 250 g/mol. The fourth-order valence-corrected chi connectivity index (χ4v) is 1.97. The molecule has 2 N–H and O–H groups in total. The van der Waals surface area contributed by atoms with Crippen LogP contribution >= 0.6 is 0 Å². The summed E-state index contributed by atoms with van der Waals surface area (Å²) >= 11 is 0. The van der Waals surface area contributed by atoms with Crippen molar-refractivity contribution in [1.29, 1.82) is 0 Å². The molecule has 0 amide bonds. The summed E-state index contributed by atoms with van der Waals surface area (Å²) in [5.41, 5.74) is 8.95. The zero-order valence-electron chi connectivity index (χ0n) is 11.4. The van der Waals surface area contributed by atoms with Gasteiger partial charge in [-0.05, 0) is 23.6 Å². The lowest BCUT2D eigenvalue weighted by Crippen LogP contribution is -2.07. The summed E-state index contributed by atoms with van der Waals surface area (Å²) < 4.78 is 4.71. The van der Waals surface area contributed by atoms with Gasteiger partial charge in [-0.1, -0.05) is 54.6 Å². The van der Waals surface area contributed by atoms with Crippen LogP contribution < -0.4 is 5.73 Å². The fraction of sp³-hybridized carbons (Fsp3) is 0.118. The molecule has 0 heterocycles. The lowest BCUT2D eigenvalue weighted by atomic mass is 10.0. The number of anilines is 1. The van der Waals surface area contributed by atoms with Crippen molar-refractivity contribution in [1.82, 2.24) is 0 Å². The summed E-state index contributed by atoms with van der Waals surface area (Å²) in [7, 11) is 1.35. The minimum atomic E-state index is -0.406. The molecular formula is C17H17NO2. The molecule has 0 aliphatic heterocycles. The molecule has 0 bridgehead atoms. The Kier molecular flexibility index (Phi) is 4.56. The van der Waals surface area contributed by atoms with Crippen LogP contribution in [0.25, 0.3) is 6.08 Å². The topological polar surface area (TPSA) is 52.3 Å². The zero-order chi connectivity index (χ0) is 14.4. The summed E-state index contributed by atoms with van der Waals surface area (Å²) in [6.07, 6.45) is 4.73. The number of hydrogen-bond donors (Lipinski definition) is 1. The molecule has 0 unspecified atom stereocenters. The maximum absolute atomic E-state index is 11.6. The molecule has 0 aliphatic carbocycles. The molecule has 20 heavy (non-hydrogen) atoms. The highest BCUT2D eigenvalue weighted by molar-refractivity contribution is 5.95. The Balaban J connectivity index is 2.14. The molecule has 0 aliphatic rings.